The van der Waals surface area contributed by atoms with Crippen LogP contribution in [0.3, 0.4) is 0 Å². The quantitative estimate of drug-likeness (QED) is 0.389. The normalized spacial score (nSPS) is 26.0. The summed E-state index contributed by atoms with van der Waals surface area (Å²) in [5, 5.41) is 7.00. The molecule has 0 aromatic heterocycles. The fraction of sp³-hybridized carbons (Fsp3) is 0.632. The van der Waals surface area contributed by atoms with E-state index in [0.29, 0.717) is 6.04 Å². The molecule has 0 saturated carbocycles. The average Bonchev–Trinajstić information content (AvgIpc) is 2.65. The maximum atomic E-state index is 5.51. The van der Waals surface area contributed by atoms with Gasteiger partial charge in [0.2, 0.25) is 0 Å². The first-order chi connectivity index (χ1) is 12.1. The van der Waals surface area contributed by atoms with Crippen molar-refractivity contribution in [3.8, 4) is 5.75 Å². The number of aliphatic imine (C=N–C) groups is 1. The van der Waals surface area contributed by atoms with Gasteiger partial charge in [0.05, 0.1) is 13.2 Å². The van der Waals surface area contributed by atoms with Gasteiger partial charge in [-0.25, -0.2) is 0 Å². The monoisotopic (exact) mass is 473 g/mol. The second-order valence-corrected chi connectivity index (χ2v) is 7.05. The first kappa shape index (κ1) is 21.2. The van der Waals surface area contributed by atoms with Gasteiger partial charge in [-0.1, -0.05) is 17.7 Å². The lowest BCUT2D eigenvalue weighted by molar-refractivity contribution is 0.0154. The molecule has 3 aliphatic heterocycles. The summed E-state index contributed by atoms with van der Waals surface area (Å²) < 4.78 is 5.51. The Labute approximate surface area is 174 Å². The van der Waals surface area contributed by atoms with E-state index >= 15 is 0 Å². The molecule has 1 aromatic carbocycles. The molecule has 0 amide bonds. The van der Waals surface area contributed by atoms with Crippen LogP contribution in [0.2, 0.25) is 0 Å². The van der Waals surface area contributed by atoms with Gasteiger partial charge < -0.3 is 15.4 Å². The topological polar surface area (TPSA) is 52.1 Å². The summed E-state index contributed by atoms with van der Waals surface area (Å²) in [5.41, 5.74) is 2.38. The van der Waals surface area contributed by atoms with Crippen molar-refractivity contribution in [2.24, 2.45) is 4.99 Å². The van der Waals surface area contributed by atoms with E-state index in [1.54, 1.807) is 7.11 Å². The molecule has 2 bridgehead atoms. The van der Waals surface area contributed by atoms with Gasteiger partial charge in [-0.3, -0.25) is 14.8 Å². The number of halogens is 1. The van der Waals surface area contributed by atoms with Crippen LogP contribution in [0.15, 0.2) is 23.2 Å². The van der Waals surface area contributed by atoms with Crippen LogP contribution in [0, 0.1) is 6.92 Å². The molecule has 2 atom stereocenters. The van der Waals surface area contributed by atoms with Crippen LogP contribution in [0.1, 0.15) is 24.1 Å². The number of hydrogen-bond donors (Lipinski definition) is 2. The largest absolute Gasteiger partial charge is 0.496 e. The first-order valence-corrected chi connectivity index (χ1v) is 9.19. The zero-order chi connectivity index (χ0) is 17.8. The molecule has 3 saturated heterocycles. The summed E-state index contributed by atoms with van der Waals surface area (Å²) in [6.45, 7) is 11.1. The minimum absolute atomic E-state index is 0. The fourth-order valence-corrected chi connectivity index (χ4v) is 3.80. The van der Waals surface area contributed by atoms with Gasteiger partial charge in [0.25, 0.3) is 0 Å². The number of rotatable bonds is 5. The number of guanidine groups is 1. The zero-order valence-corrected chi connectivity index (χ0v) is 18.6. The van der Waals surface area contributed by atoms with Crippen molar-refractivity contribution in [3.63, 3.8) is 0 Å². The van der Waals surface area contributed by atoms with Crippen LogP contribution < -0.4 is 15.4 Å². The van der Waals surface area contributed by atoms with Gasteiger partial charge in [-0.05, 0) is 19.9 Å². The number of benzene rings is 1. The Bertz CT molecular complexity index is 616. The standard InChI is InChI=1S/C19H31N5O.HI/c1-14-5-6-18(25-4)17(11-14)15(2)22-19(20-3)21-12-16-13-23-7-9-24(16)10-8-23;/h5-6,11,15-16H,7-10,12-13H2,1-4H3,(H2,20,21,22);1H. The Kier molecular flexibility index (Phi) is 7.97. The Balaban J connectivity index is 0.00000243. The molecule has 3 heterocycles. The molecule has 2 unspecified atom stereocenters. The van der Waals surface area contributed by atoms with E-state index in [2.05, 4.69) is 51.4 Å². The van der Waals surface area contributed by atoms with E-state index < -0.39 is 0 Å². The van der Waals surface area contributed by atoms with Crippen LogP contribution in [-0.4, -0.2) is 75.2 Å². The highest BCUT2D eigenvalue weighted by Gasteiger charge is 2.31. The summed E-state index contributed by atoms with van der Waals surface area (Å²) >= 11 is 0. The van der Waals surface area contributed by atoms with E-state index in [-0.39, 0.29) is 30.0 Å². The van der Waals surface area contributed by atoms with Crippen LogP contribution in [0.5, 0.6) is 5.75 Å². The van der Waals surface area contributed by atoms with Gasteiger partial charge in [-0.2, -0.15) is 0 Å². The van der Waals surface area contributed by atoms with Gasteiger partial charge in [0.1, 0.15) is 5.75 Å². The highest BCUT2D eigenvalue weighted by atomic mass is 127. The van der Waals surface area contributed by atoms with E-state index in [4.69, 9.17) is 4.74 Å². The van der Waals surface area contributed by atoms with E-state index in [9.17, 15) is 0 Å². The van der Waals surface area contributed by atoms with Crippen molar-refractivity contribution >= 4 is 29.9 Å². The molecule has 1 aromatic rings. The van der Waals surface area contributed by atoms with Gasteiger partial charge in [0.15, 0.2) is 5.96 Å². The number of nitrogens with zero attached hydrogens (tertiary/aromatic N) is 3. The lowest BCUT2D eigenvalue weighted by atomic mass is 10.0. The molecule has 0 spiro atoms. The first-order valence-electron chi connectivity index (χ1n) is 9.19. The number of fused-ring (bicyclic) bond motifs is 3. The summed E-state index contributed by atoms with van der Waals surface area (Å²) in [7, 11) is 3.54. The molecular formula is C19H32IN5O. The summed E-state index contributed by atoms with van der Waals surface area (Å²) in [4.78, 5) is 9.55. The molecule has 2 N–H and O–H groups in total. The molecule has 3 fully saturated rings. The maximum absolute atomic E-state index is 5.51. The molecule has 4 rings (SSSR count). The lowest BCUT2D eigenvalue weighted by Crippen LogP contribution is -2.63. The smallest absolute Gasteiger partial charge is 0.191 e. The van der Waals surface area contributed by atoms with Crippen molar-refractivity contribution in [1.29, 1.82) is 0 Å². The summed E-state index contributed by atoms with van der Waals surface area (Å²) in [5.74, 6) is 1.75. The van der Waals surface area contributed by atoms with Crippen molar-refractivity contribution in [2.45, 2.75) is 25.9 Å². The molecular weight excluding hydrogens is 441 g/mol. The van der Waals surface area contributed by atoms with Crippen molar-refractivity contribution in [2.75, 3.05) is 53.4 Å². The SMILES string of the molecule is CN=C(NCC1CN2CCN1CC2)NC(C)c1cc(C)ccc1OC.I. The van der Waals surface area contributed by atoms with Gasteiger partial charge in [-0.15, -0.1) is 24.0 Å². The van der Waals surface area contributed by atoms with Gasteiger partial charge in [0, 0.05) is 57.9 Å². The maximum Gasteiger partial charge on any atom is 0.191 e. The Morgan fingerprint density at radius 1 is 1.31 bits per heavy atom. The molecule has 0 radical (unpaired) electrons. The predicted molar refractivity (Wildman–Crippen MR) is 118 cm³/mol. The third-order valence-electron chi connectivity index (χ3n) is 5.33. The lowest BCUT2D eigenvalue weighted by Gasteiger charge is -2.47. The predicted octanol–water partition coefficient (Wildman–Crippen LogP) is 1.85. The molecule has 26 heavy (non-hydrogen) atoms. The Morgan fingerprint density at radius 2 is 2.04 bits per heavy atom. The fourth-order valence-electron chi connectivity index (χ4n) is 3.80. The number of nitrogens with one attached hydrogen (secondary N) is 2. The molecule has 6 nitrogen and oxygen atoms in total. The molecule has 3 aliphatic rings. The number of aryl methyl sites for hydroxylation is 1. The number of methoxy groups -OCH3 is 1. The number of ether oxygens (including phenoxy) is 1. The van der Waals surface area contributed by atoms with Crippen molar-refractivity contribution in [1.82, 2.24) is 20.4 Å². The molecule has 7 heteroatoms. The van der Waals surface area contributed by atoms with E-state index in [1.807, 2.05) is 13.1 Å². The summed E-state index contributed by atoms with van der Waals surface area (Å²) in [6, 6.07) is 6.96. The Morgan fingerprint density at radius 3 is 2.62 bits per heavy atom. The second-order valence-electron chi connectivity index (χ2n) is 7.05. The van der Waals surface area contributed by atoms with E-state index in [1.165, 1.54) is 31.7 Å². The average molecular weight is 473 g/mol. The minimum atomic E-state index is 0. The van der Waals surface area contributed by atoms with Crippen LogP contribution in [-0.2, 0) is 0 Å². The van der Waals surface area contributed by atoms with Crippen LogP contribution in [0.25, 0.3) is 0 Å². The van der Waals surface area contributed by atoms with Crippen molar-refractivity contribution in [3.05, 3.63) is 29.3 Å². The minimum Gasteiger partial charge on any atom is -0.496 e. The third kappa shape index (κ3) is 5.01. The van der Waals surface area contributed by atoms with E-state index in [0.717, 1.165) is 30.4 Å². The van der Waals surface area contributed by atoms with Crippen LogP contribution >= 0.6 is 24.0 Å². The number of piperazine rings is 3. The number of hydrogen-bond acceptors (Lipinski definition) is 4. The summed E-state index contributed by atoms with van der Waals surface area (Å²) in [6.07, 6.45) is 0. The highest BCUT2D eigenvalue weighted by Crippen LogP contribution is 2.26. The van der Waals surface area contributed by atoms with Gasteiger partial charge >= 0.3 is 0 Å². The second kappa shape index (κ2) is 9.75. The van der Waals surface area contributed by atoms with Crippen molar-refractivity contribution < 1.29 is 4.74 Å². The molecule has 0 aliphatic carbocycles. The zero-order valence-electron chi connectivity index (χ0n) is 16.3. The Hall–Kier alpha value is -1.06. The van der Waals surface area contributed by atoms with Crippen LogP contribution in [0.4, 0.5) is 0 Å². The molecule has 146 valence electrons. The third-order valence-corrected chi connectivity index (χ3v) is 5.33. The highest BCUT2D eigenvalue weighted by molar-refractivity contribution is 14.0.